The maximum atomic E-state index is 13.7. The van der Waals surface area contributed by atoms with Crippen molar-refractivity contribution in [2.75, 3.05) is 13.2 Å². The van der Waals surface area contributed by atoms with Gasteiger partial charge in [-0.05, 0) is 25.1 Å². The largest absolute Gasteiger partial charge is 0.474 e. The molecule has 29 heavy (non-hydrogen) atoms. The molecular formula is C19H15F3N2O5. The van der Waals surface area contributed by atoms with Crippen LogP contribution in [0.3, 0.4) is 0 Å². The van der Waals surface area contributed by atoms with Crippen molar-refractivity contribution < 1.29 is 32.4 Å². The second-order valence-corrected chi connectivity index (χ2v) is 6.14. The summed E-state index contributed by atoms with van der Waals surface area (Å²) >= 11 is 0. The molecule has 1 aliphatic rings. The molecule has 1 unspecified atom stereocenters. The number of aliphatic imine (C=N–C) groups is 1. The minimum Gasteiger partial charge on any atom is -0.474 e. The van der Waals surface area contributed by atoms with Gasteiger partial charge in [-0.2, -0.15) is 13.2 Å². The van der Waals surface area contributed by atoms with Crippen LogP contribution in [-0.2, 0) is 26.0 Å². The molecule has 152 valence electrons. The Morgan fingerprint density at radius 1 is 1.28 bits per heavy atom. The number of alkyl halides is 3. The molecule has 0 aliphatic carbocycles. The van der Waals surface area contributed by atoms with Gasteiger partial charge in [0.05, 0.1) is 17.1 Å². The van der Waals surface area contributed by atoms with Gasteiger partial charge in [0.25, 0.3) is 5.69 Å². The number of non-ortho nitro benzene ring substituents is 1. The molecule has 0 saturated heterocycles. The van der Waals surface area contributed by atoms with E-state index in [-0.39, 0.29) is 12.5 Å². The third kappa shape index (κ3) is 3.78. The number of ether oxygens (including phenoxy) is 2. The summed E-state index contributed by atoms with van der Waals surface area (Å²) in [6.45, 7) is 0.881. The van der Waals surface area contributed by atoms with Crippen molar-refractivity contribution in [1.82, 2.24) is 0 Å². The van der Waals surface area contributed by atoms with E-state index in [9.17, 15) is 28.1 Å². The van der Waals surface area contributed by atoms with Crippen LogP contribution >= 0.6 is 0 Å². The molecule has 1 heterocycles. The lowest BCUT2D eigenvalue weighted by atomic mass is 9.87. The molecule has 0 N–H and O–H groups in total. The monoisotopic (exact) mass is 408 g/mol. The van der Waals surface area contributed by atoms with Gasteiger partial charge >= 0.3 is 12.1 Å². The molecule has 0 aromatic heterocycles. The van der Waals surface area contributed by atoms with Crippen molar-refractivity contribution in [3.8, 4) is 0 Å². The minimum absolute atomic E-state index is 0.0230. The molecule has 10 heteroatoms. The van der Waals surface area contributed by atoms with Crippen LogP contribution in [0.15, 0.2) is 53.5 Å². The van der Waals surface area contributed by atoms with Gasteiger partial charge in [-0.1, -0.05) is 18.2 Å². The Hall–Kier alpha value is -3.43. The number of nitro benzene ring substituents is 1. The van der Waals surface area contributed by atoms with Gasteiger partial charge in [0.15, 0.2) is 0 Å². The maximum Gasteiger partial charge on any atom is 0.417 e. The molecule has 0 fully saturated rings. The lowest BCUT2D eigenvalue weighted by Crippen LogP contribution is -2.39. The SMILES string of the molecule is CCOC(=O)C1(c2ccc([N+](=O)[O-])cc2C(F)(F)F)COC(c2ccccc2)=N1. The third-order valence-corrected chi connectivity index (χ3v) is 4.31. The highest BCUT2D eigenvalue weighted by atomic mass is 19.4. The van der Waals surface area contributed by atoms with Crippen LogP contribution in [0.1, 0.15) is 23.6 Å². The van der Waals surface area contributed by atoms with Gasteiger partial charge in [0.1, 0.15) is 6.61 Å². The van der Waals surface area contributed by atoms with Crippen molar-refractivity contribution in [2.24, 2.45) is 4.99 Å². The zero-order chi connectivity index (χ0) is 21.2. The van der Waals surface area contributed by atoms with E-state index < -0.39 is 46.0 Å². The molecule has 0 bridgehead atoms. The summed E-state index contributed by atoms with van der Waals surface area (Å²) in [5.74, 6) is -1.06. The highest BCUT2D eigenvalue weighted by Gasteiger charge is 2.52. The molecule has 1 atom stereocenters. The molecular weight excluding hydrogens is 393 g/mol. The Bertz CT molecular complexity index is 976. The fraction of sp³-hybridized carbons (Fsp3) is 0.263. The van der Waals surface area contributed by atoms with Crippen molar-refractivity contribution in [1.29, 1.82) is 0 Å². The number of rotatable bonds is 5. The Balaban J connectivity index is 2.23. The molecule has 0 amide bonds. The van der Waals surface area contributed by atoms with Crippen LogP contribution < -0.4 is 0 Å². The van der Waals surface area contributed by atoms with E-state index >= 15 is 0 Å². The first-order valence-electron chi connectivity index (χ1n) is 8.50. The molecule has 3 rings (SSSR count). The van der Waals surface area contributed by atoms with Crippen molar-refractivity contribution in [3.63, 3.8) is 0 Å². The molecule has 2 aromatic carbocycles. The quantitative estimate of drug-likeness (QED) is 0.426. The third-order valence-electron chi connectivity index (χ3n) is 4.31. The predicted octanol–water partition coefficient (Wildman–Crippen LogP) is 3.85. The standard InChI is InChI=1S/C19H15F3N2O5/c1-2-28-17(25)18(11-29-16(23-18)12-6-4-3-5-7-12)14-9-8-13(24(26)27)10-15(14)19(20,21)22/h3-10H,2,11H2,1H3. The first kappa shape index (κ1) is 20.3. The highest BCUT2D eigenvalue weighted by molar-refractivity contribution is 5.99. The van der Waals surface area contributed by atoms with Crippen LogP contribution in [0.5, 0.6) is 0 Å². The Morgan fingerprint density at radius 2 is 1.97 bits per heavy atom. The first-order valence-corrected chi connectivity index (χ1v) is 8.50. The smallest absolute Gasteiger partial charge is 0.417 e. The number of benzene rings is 2. The Kier molecular flexibility index (Phi) is 5.27. The number of hydrogen-bond donors (Lipinski definition) is 0. The van der Waals surface area contributed by atoms with Gasteiger partial charge < -0.3 is 9.47 Å². The highest BCUT2D eigenvalue weighted by Crippen LogP contribution is 2.43. The normalized spacial score (nSPS) is 18.7. The number of carbonyl (C=O) groups is 1. The molecule has 1 aliphatic heterocycles. The van der Waals surface area contributed by atoms with Gasteiger partial charge in [-0.3, -0.25) is 10.1 Å². The maximum absolute atomic E-state index is 13.7. The van der Waals surface area contributed by atoms with Gasteiger partial charge in [0, 0.05) is 23.3 Å². The number of carbonyl (C=O) groups excluding carboxylic acids is 1. The van der Waals surface area contributed by atoms with E-state index in [1.807, 2.05) is 0 Å². The number of halogens is 3. The van der Waals surface area contributed by atoms with Crippen molar-refractivity contribution >= 4 is 17.6 Å². The van der Waals surface area contributed by atoms with Gasteiger partial charge in [-0.15, -0.1) is 0 Å². The van der Waals surface area contributed by atoms with Crippen LogP contribution in [0.2, 0.25) is 0 Å². The van der Waals surface area contributed by atoms with Crippen LogP contribution in [0, 0.1) is 10.1 Å². The summed E-state index contributed by atoms with van der Waals surface area (Å²) in [5.41, 5.74) is -4.34. The summed E-state index contributed by atoms with van der Waals surface area (Å²) in [6, 6.07) is 10.5. The first-order chi connectivity index (χ1) is 13.7. The number of nitro groups is 1. The van der Waals surface area contributed by atoms with Gasteiger partial charge in [-0.25, -0.2) is 9.79 Å². The summed E-state index contributed by atoms with van der Waals surface area (Å²) in [6.07, 6.45) is -4.97. The lowest BCUT2D eigenvalue weighted by molar-refractivity contribution is -0.385. The fourth-order valence-corrected chi connectivity index (χ4v) is 2.98. The van der Waals surface area contributed by atoms with E-state index in [1.54, 1.807) is 30.3 Å². The molecule has 2 aromatic rings. The van der Waals surface area contributed by atoms with E-state index in [2.05, 4.69) is 4.99 Å². The fourth-order valence-electron chi connectivity index (χ4n) is 2.98. The molecule has 7 nitrogen and oxygen atoms in total. The molecule has 0 radical (unpaired) electrons. The zero-order valence-electron chi connectivity index (χ0n) is 15.1. The summed E-state index contributed by atoms with van der Waals surface area (Å²) in [7, 11) is 0. The second kappa shape index (κ2) is 7.53. The average molecular weight is 408 g/mol. The summed E-state index contributed by atoms with van der Waals surface area (Å²) in [5, 5.41) is 11.0. The van der Waals surface area contributed by atoms with E-state index in [4.69, 9.17) is 9.47 Å². The second-order valence-electron chi connectivity index (χ2n) is 6.14. The Labute approximate surface area is 162 Å². The molecule has 0 spiro atoms. The number of nitrogens with zero attached hydrogens (tertiary/aromatic N) is 2. The van der Waals surface area contributed by atoms with Crippen LogP contribution in [0.4, 0.5) is 18.9 Å². The van der Waals surface area contributed by atoms with Gasteiger partial charge in [0.2, 0.25) is 11.4 Å². The molecule has 0 saturated carbocycles. The number of hydrogen-bond acceptors (Lipinski definition) is 6. The lowest BCUT2D eigenvalue weighted by Gasteiger charge is -2.25. The van der Waals surface area contributed by atoms with E-state index in [0.29, 0.717) is 11.6 Å². The van der Waals surface area contributed by atoms with Crippen molar-refractivity contribution in [2.45, 2.75) is 18.6 Å². The minimum atomic E-state index is -4.97. The zero-order valence-corrected chi connectivity index (χ0v) is 15.1. The Morgan fingerprint density at radius 3 is 2.55 bits per heavy atom. The van der Waals surface area contributed by atoms with Crippen LogP contribution in [-0.4, -0.2) is 30.0 Å². The summed E-state index contributed by atoms with van der Waals surface area (Å²) < 4.78 is 51.6. The van der Waals surface area contributed by atoms with E-state index in [0.717, 1.165) is 12.1 Å². The van der Waals surface area contributed by atoms with Crippen LogP contribution in [0.25, 0.3) is 0 Å². The summed E-state index contributed by atoms with van der Waals surface area (Å²) in [4.78, 5) is 26.9. The van der Waals surface area contributed by atoms with Crippen molar-refractivity contribution in [3.05, 3.63) is 75.3 Å². The van der Waals surface area contributed by atoms with E-state index in [1.165, 1.54) is 6.92 Å². The topological polar surface area (TPSA) is 91.0 Å². The number of esters is 1. The average Bonchev–Trinajstić information content (AvgIpc) is 3.14. The predicted molar refractivity (Wildman–Crippen MR) is 95.3 cm³/mol.